The van der Waals surface area contributed by atoms with Gasteiger partial charge >= 0.3 is 0 Å². The highest BCUT2D eigenvalue weighted by Crippen LogP contribution is 2.15. The molecule has 1 aliphatic rings. The van der Waals surface area contributed by atoms with E-state index in [2.05, 4.69) is 11.8 Å². The quantitative estimate of drug-likeness (QED) is 0.655. The molecule has 0 aliphatic carbocycles. The summed E-state index contributed by atoms with van der Waals surface area (Å²) < 4.78 is 5.55. The molecule has 1 atom stereocenters. The smallest absolute Gasteiger partial charge is 0.0593 e. The highest BCUT2D eigenvalue weighted by Gasteiger charge is 2.20. The van der Waals surface area contributed by atoms with Gasteiger partial charge in [-0.3, -0.25) is 4.90 Å². The van der Waals surface area contributed by atoms with Gasteiger partial charge < -0.3 is 9.84 Å². The zero-order chi connectivity index (χ0) is 10.9. The van der Waals surface area contributed by atoms with Crippen LogP contribution in [0.15, 0.2) is 0 Å². The molecular weight excluding hydrogens is 190 g/mol. The Labute approximate surface area is 93.4 Å². The monoisotopic (exact) mass is 215 g/mol. The van der Waals surface area contributed by atoms with Crippen LogP contribution in [0.1, 0.15) is 39.0 Å². The molecule has 1 saturated heterocycles. The predicted molar refractivity (Wildman–Crippen MR) is 62.0 cm³/mol. The molecule has 3 nitrogen and oxygen atoms in total. The lowest BCUT2D eigenvalue weighted by Crippen LogP contribution is -2.43. The fraction of sp³-hybridized carbons (Fsp3) is 1.00. The zero-order valence-corrected chi connectivity index (χ0v) is 9.95. The number of aliphatic hydroxyl groups excluding tert-OH is 1. The molecule has 1 unspecified atom stereocenters. The van der Waals surface area contributed by atoms with Crippen LogP contribution < -0.4 is 0 Å². The van der Waals surface area contributed by atoms with E-state index in [4.69, 9.17) is 4.74 Å². The molecular formula is C12H25NO2. The Kier molecular flexibility index (Phi) is 6.98. The molecule has 1 rings (SSSR count). The van der Waals surface area contributed by atoms with Crippen molar-refractivity contribution in [1.82, 2.24) is 4.90 Å². The Bertz CT molecular complexity index is 153. The van der Waals surface area contributed by atoms with E-state index in [0.717, 1.165) is 39.1 Å². The average molecular weight is 215 g/mol. The van der Waals surface area contributed by atoms with Gasteiger partial charge in [0.2, 0.25) is 0 Å². The van der Waals surface area contributed by atoms with Gasteiger partial charge in [0.25, 0.3) is 0 Å². The number of likely N-dealkylation sites (tertiary alicyclic amines) is 1. The molecule has 0 aromatic heterocycles. The Morgan fingerprint density at radius 1 is 1.33 bits per heavy atom. The maximum absolute atomic E-state index is 9.22. The summed E-state index contributed by atoms with van der Waals surface area (Å²) in [6, 6.07) is 0.383. The molecule has 1 fully saturated rings. The molecule has 1 N–H and O–H groups in total. The van der Waals surface area contributed by atoms with Crippen molar-refractivity contribution in [2.24, 2.45) is 0 Å². The lowest BCUT2D eigenvalue weighted by atomic mass is 10.0. The molecule has 0 spiro atoms. The van der Waals surface area contributed by atoms with Crippen LogP contribution in [-0.2, 0) is 4.74 Å². The third kappa shape index (κ3) is 4.96. The van der Waals surface area contributed by atoms with Crippen LogP contribution in [0.25, 0.3) is 0 Å². The third-order valence-corrected chi connectivity index (χ3v) is 3.12. The largest absolute Gasteiger partial charge is 0.395 e. The number of unbranched alkanes of at least 4 members (excludes halogenated alkanes) is 1. The molecule has 1 aliphatic heterocycles. The van der Waals surface area contributed by atoms with Crippen molar-refractivity contribution in [1.29, 1.82) is 0 Å². The lowest BCUT2D eigenvalue weighted by molar-refractivity contribution is 0.0484. The first-order chi connectivity index (χ1) is 7.38. The Balaban J connectivity index is 2.07. The summed E-state index contributed by atoms with van der Waals surface area (Å²) in [5, 5.41) is 9.22. The van der Waals surface area contributed by atoms with Crippen LogP contribution in [0.4, 0.5) is 0 Å². The van der Waals surface area contributed by atoms with Gasteiger partial charge in [-0.2, -0.15) is 0 Å². The molecule has 0 bridgehead atoms. The van der Waals surface area contributed by atoms with Crippen LogP contribution >= 0.6 is 0 Å². The highest BCUT2D eigenvalue weighted by molar-refractivity contribution is 4.75. The van der Waals surface area contributed by atoms with Gasteiger partial charge in [-0.1, -0.05) is 19.8 Å². The van der Waals surface area contributed by atoms with Gasteiger partial charge in [0.1, 0.15) is 0 Å². The second kappa shape index (κ2) is 8.08. The lowest BCUT2D eigenvalue weighted by Gasteiger charge is -2.34. The molecule has 15 heavy (non-hydrogen) atoms. The van der Waals surface area contributed by atoms with Crippen molar-refractivity contribution < 1.29 is 9.84 Å². The number of hydrogen-bond donors (Lipinski definition) is 1. The van der Waals surface area contributed by atoms with Crippen molar-refractivity contribution in [3.05, 3.63) is 0 Å². The van der Waals surface area contributed by atoms with Crippen LogP contribution in [-0.4, -0.2) is 49.0 Å². The Morgan fingerprint density at radius 3 is 2.93 bits per heavy atom. The summed E-state index contributed by atoms with van der Waals surface area (Å²) in [6.07, 6.45) is 6.03. The van der Waals surface area contributed by atoms with Crippen LogP contribution in [0.5, 0.6) is 0 Å². The van der Waals surface area contributed by atoms with Crippen LogP contribution in [0.2, 0.25) is 0 Å². The first kappa shape index (κ1) is 12.9. The first-order valence-electron chi connectivity index (χ1n) is 6.31. The van der Waals surface area contributed by atoms with E-state index >= 15 is 0 Å². The van der Waals surface area contributed by atoms with Gasteiger partial charge in [-0.15, -0.1) is 0 Å². The van der Waals surface area contributed by atoms with Crippen molar-refractivity contribution in [2.75, 3.05) is 32.9 Å². The topological polar surface area (TPSA) is 32.7 Å². The van der Waals surface area contributed by atoms with E-state index in [-0.39, 0.29) is 0 Å². The maximum atomic E-state index is 9.22. The van der Waals surface area contributed by atoms with E-state index < -0.39 is 0 Å². The second-order valence-corrected chi connectivity index (χ2v) is 4.33. The van der Waals surface area contributed by atoms with Gasteiger partial charge in [0, 0.05) is 19.2 Å². The molecule has 0 aromatic rings. The number of hydrogen-bond acceptors (Lipinski definition) is 3. The molecule has 1 heterocycles. The summed E-state index contributed by atoms with van der Waals surface area (Å²) in [7, 11) is 0. The summed E-state index contributed by atoms with van der Waals surface area (Å²) >= 11 is 0. The molecule has 0 aromatic carbocycles. The fourth-order valence-electron chi connectivity index (χ4n) is 2.09. The third-order valence-electron chi connectivity index (χ3n) is 3.12. The standard InChI is InChI=1S/C12H25NO2/c1-2-3-9-15-10-8-13-7-5-4-6-12(13)11-14/h12,14H,2-11H2,1H3. The maximum Gasteiger partial charge on any atom is 0.0593 e. The summed E-state index contributed by atoms with van der Waals surface area (Å²) in [6.45, 7) is 6.28. The predicted octanol–water partition coefficient (Wildman–Crippen LogP) is 1.65. The molecule has 0 saturated carbocycles. The van der Waals surface area contributed by atoms with E-state index in [0.29, 0.717) is 12.6 Å². The van der Waals surface area contributed by atoms with Crippen LogP contribution in [0.3, 0.4) is 0 Å². The normalized spacial score (nSPS) is 23.2. The summed E-state index contributed by atoms with van der Waals surface area (Å²) in [5.74, 6) is 0. The summed E-state index contributed by atoms with van der Waals surface area (Å²) in [4.78, 5) is 2.37. The highest BCUT2D eigenvalue weighted by atomic mass is 16.5. The van der Waals surface area contributed by atoms with Crippen molar-refractivity contribution in [2.45, 2.75) is 45.1 Å². The zero-order valence-electron chi connectivity index (χ0n) is 9.95. The first-order valence-corrected chi connectivity index (χ1v) is 6.31. The van der Waals surface area contributed by atoms with Crippen molar-refractivity contribution in [3.63, 3.8) is 0 Å². The number of piperidine rings is 1. The molecule has 90 valence electrons. The van der Waals surface area contributed by atoms with Gasteiger partial charge in [-0.05, 0) is 25.8 Å². The van der Waals surface area contributed by atoms with E-state index in [9.17, 15) is 5.11 Å². The molecule has 0 amide bonds. The number of rotatable bonds is 7. The Morgan fingerprint density at radius 2 is 2.20 bits per heavy atom. The summed E-state index contributed by atoms with van der Waals surface area (Å²) in [5.41, 5.74) is 0. The van der Waals surface area contributed by atoms with E-state index in [1.165, 1.54) is 19.3 Å². The molecule has 0 radical (unpaired) electrons. The fourth-order valence-corrected chi connectivity index (χ4v) is 2.09. The minimum absolute atomic E-state index is 0.301. The van der Waals surface area contributed by atoms with Gasteiger partial charge in [-0.25, -0.2) is 0 Å². The van der Waals surface area contributed by atoms with Crippen molar-refractivity contribution >= 4 is 0 Å². The number of aliphatic hydroxyl groups is 1. The minimum atomic E-state index is 0.301. The number of nitrogens with zero attached hydrogens (tertiary/aromatic N) is 1. The Hall–Kier alpha value is -0.120. The minimum Gasteiger partial charge on any atom is -0.395 e. The SMILES string of the molecule is CCCCOCCN1CCCCC1CO. The van der Waals surface area contributed by atoms with Gasteiger partial charge in [0.15, 0.2) is 0 Å². The van der Waals surface area contributed by atoms with E-state index in [1.807, 2.05) is 0 Å². The van der Waals surface area contributed by atoms with Crippen LogP contribution in [0, 0.1) is 0 Å². The average Bonchev–Trinajstić information content (AvgIpc) is 2.29. The molecule has 3 heteroatoms. The van der Waals surface area contributed by atoms with E-state index in [1.54, 1.807) is 0 Å². The second-order valence-electron chi connectivity index (χ2n) is 4.33. The van der Waals surface area contributed by atoms with Crippen molar-refractivity contribution in [3.8, 4) is 0 Å². The number of ether oxygens (including phenoxy) is 1. The van der Waals surface area contributed by atoms with Gasteiger partial charge in [0.05, 0.1) is 13.2 Å².